The fraction of sp³-hybridized carbons (Fsp3) is 0.933. The van der Waals surface area contributed by atoms with Crippen molar-refractivity contribution in [3.05, 3.63) is 0 Å². The minimum Gasteiger partial charge on any atom is -0.338 e. The van der Waals surface area contributed by atoms with Gasteiger partial charge >= 0.3 is 6.03 Å². The molecule has 19 heavy (non-hydrogen) atoms. The van der Waals surface area contributed by atoms with Gasteiger partial charge in [-0.1, -0.05) is 25.7 Å². The van der Waals surface area contributed by atoms with Crippen LogP contribution in [0, 0.1) is 0 Å². The Balaban J connectivity index is 1.48. The summed E-state index contributed by atoms with van der Waals surface area (Å²) in [7, 11) is 0. The number of urea groups is 1. The van der Waals surface area contributed by atoms with Gasteiger partial charge in [0.05, 0.1) is 0 Å². The van der Waals surface area contributed by atoms with E-state index in [0.717, 1.165) is 32.4 Å². The molecular weight excluding hydrogens is 238 g/mol. The Kier molecular flexibility index (Phi) is 6.48. The van der Waals surface area contributed by atoms with E-state index in [0.29, 0.717) is 6.04 Å². The van der Waals surface area contributed by atoms with E-state index in [1.807, 2.05) is 0 Å². The molecule has 0 aromatic rings. The first-order valence-corrected chi connectivity index (χ1v) is 8.11. The first-order chi connectivity index (χ1) is 9.34. The monoisotopic (exact) mass is 267 g/mol. The third-order valence-electron chi connectivity index (χ3n) is 4.33. The maximum absolute atomic E-state index is 11.7. The number of hydrogen-bond donors (Lipinski definition) is 2. The first kappa shape index (κ1) is 14.6. The van der Waals surface area contributed by atoms with Gasteiger partial charge in [0.2, 0.25) is 0 Å². The van der Waals surface area contributed by atoms with Crippen molar-refractivity contribution in [2.24, 2.45) is 0 Å². The molecule has 1 aliphatic carbocycles. The van der Waals surface area contributed by atoms with E-state index in [-0.39, 0.29) is 6.03 Å². The molecule has 1 saturated carbocycles. The zero-order valence-corrected chi connectivity index (χ0v) is 12.1. The lowest BCUT2D eigenvalue weighted by molar-refractivity contribution is 0.220. The molecule has 2 rings (SSSR count). The summed E-state index contributed by atoms with van der Waals surface area (Å²) in [5.74, 6) is 0. The van der Waals surface area contributed by atoms with Crippen molar-refractivity contribution in [3.8, 4) is 0 Å². The van der Waals surface area contributed by atoms with Gasteiger partial charge in [-0.2, -0.15) is 0 Å². The number of nitrogens with one attached hydrogen (secondary N) is 2. The molecule has 0 aromatic carbocycles. The summed E-state index contributed by atoms with van der Waals surface area (Å²) < 4.78 is 0. The van der Waals surface area contributed by atoms with E-state index in [2.05, 4.69) is 15.5 Å². The van der Waals surface area contributed by atoms with Gasteiger partial charge in [0.1, 0.15) is 0 Å². The van der Waals surface area contributed by atoms with Gasteiger partial charge in [0.25, 0.3) is 0 Å². The topological polar surface area (TPSA) is 44.4 Å². The van der Waals surface area contributed by atoms with Crippen LogP contribution in [0.3, 0.4) is 0 Å². The average Bonchev–Trinajstić information content (AvgIpc) is 2.46. The number of rotatable bonds is 5. The largest absolute Gasteiger partial charge is 0.338 e. The lowest BCUT2D eigenvalue weighted by Gasteiger charge is -2.26. The minimum atomic E-state index is 0.0329. The number of piperidine rings is 1. The number of carbonyl (C=O) groups excluding carboxylic acids is 1. The molecule has 0 bridgehead atoms. The van der Waals surface area contributed by atoms with Crippen LogP contribution in [0.15, 0.2) is 0 Å². The van der Waals surface area contributed by atoms with Gasteiger partial charge in [-0.25, -0.2) is 4.79 Å². The predicted octanol–water partition coefficient (Wildman–Crippen LogP) is 2.49. The molecule has 4 nitrogen and oxygen atoms in total. The van der Waals surface area contributed by atoms with Gasteiger partial charge in [-0.3, -0.25) is 0 Å². The smallest absolute Gasteiger partial charge is 0.315 e. The second-order valence-electron chi connectivity index (χ2n) is 5.99. The van der Waals surface area contributed by atoms with Crippen LogP contribution in [-0.2, 0) is 0 Å². The van der Waals surface area contributed by atoms with Crippen molar-refractivity contribution >= 4 is 6.03 Å². The summed E-state index contributed by atoms with van der Waals surface area (Å²) >= 11 is 0. The molecular formula is C15H29N3O. The number of amides is 2. The molecule has 0 unspecified atom stereocenters. The standard InChI is InChI=1S/C15H29N3O/c19-15(17-14-8-3-1-4-9-14)16-10-7-13-18-11-5-2-6-12-18/h14H,1-13H2,(H2,16,17,19). The fourth-order valence-electron chi connectivity index (χ4n) is 3.17. The highest BCUT2D eigenvalue weighted by molar-refractivity contribution is 5.74. The Bertz CT molecular complexity index is 258. The molecule has 2 N–H and O–H groups in total. The second-order valence-corrected chi connectivity index (χ2v) is 5.99. The van der Waals surface area contributed by atoms with E-state index in [4.69, 9.17) is 0 Å². The Morgan fingerprint density at radius 1 is 1.00 bits per heavy atom. The van der Waals surface area contributed by atoms with Crippen molar-refractivity contribution in [2.45, 2.75) is 63.8 Å². The van der Waals surface area contributed by atoms with Crippen LogP contribution in [0.2, 0.25) is 0 Å². The molecule has 0 atom stereocenters. The van der Waals surface area contributed by atoms with E-state index in [1.54, 1.807) is 0 Å². The van der Waals surface area contributed by atoms with Crippen LogP contribution in [0.5, 0.6) is 0 Å². The predicted molar refractivity (Wildman–Crippen MR) is 78.3 cm³/mol. The molecule has 0 spiro atoms. The molecule has 1 aliphatic heterocycles. The number of carbonyl (C=O) groups is 1. The minimum absolute atomic E-state index is 0.0329. The summed E-state index contributed by atoms with van der Waals surface area (Å²) in [6.45, 7) is 4.42. The quantitative estimate of drug-likeness (QED) is 0.752. The van der Waals surface area contributed by atoms with Crippen molar-refractivity contribution in [2.75, 3.05) is 26.2 Å². The summed E-state index contributed by atoms with van der Waals surface area (Å²) in [6, 6.07) is 0.446. The Morgan fingerprint density at radius 3 is 2.42 bits per heavy atom. The molecule has 110 valence electrons. The molecule has 0 radical (unpaired) electrons. The fourth-order valence-corrected chi connectivity index (χ4v) is 3.17. The summed E-state index contributed by atoms with van der Waals surface area (Å²) in [6.07, 6.45) is 11.3. The average molecular weight is 267 g/mol. The van der Waals surface area contributed by atoms with Crippen molar-refractivity contribution in [3.63, 3.8) is 0 Å². The molecule has 2 amide bonds. The Labute approximate surface area is 117 Å². The maximum atomic E-state index is 11.7. The van der Waals surface area contributed by atoms with E-state index in [9.17, 15) is 4.79 Å². The van der Waals surface area contributed by atoms with Crippen molar-refractivity contribution in [1.29, 1.82) is 0 Å². The lowest BCUT2D eigenvalue weighted by atomic mass is 9.96. The van der Waals surface area contributed by atoms with Gasteiger partial charge in [-0.05, 0) is 51.7 Å². The highest BCUT2D eigenvalue weighted by Gasteiger charge is 2.15. The van der Waals surface area contributed by atoms with Crippen LogP contribution in [0.25, 0.3) is 0 Å². The highest BCUT2D eigenvalue weighted by atomic mass is 16.2. The third-order valence-corrected chi connectivity index (χ3v) is 4.33. The van der Waals surface area contributed by atoms with Crippen LogP contribution >= 0.6 is 0 Å². The second kappa shape index (κ2) is 8.41. The normalized spacial score (nSPS) is 22.1. The van der Waals surface area contributed by atoms with Gasteiger partial charge in [0, 0.05) is 12.6 Å². The number of nitrogens with zero attached hydrogens (tertiary/aromatic N) is 1. The summed E-state index contributed by atoms with van der Waals surface area (Å²) in [5.41, 5.74) is 0. The SMILES string of the molecule is O=C(NCCCN1CCCCC1)NC1CCCCC1. The molecule has 2 fully saturated rings. The Hall–Kier alpha value is -0.770. The maximum Gasteiger partial charge on any atom is 0.315 e. The van der Waals surface area contributed by atoms with E-state index >= 15 is 0 Å². The Morgan fingerprint density at radius 2 is 1.68 bits per heavy atom. The zero-order chi connectivity index (χ0) is 13.3. The zero-order valence-electron chi connectivity index (χ0n) is 12.1. The first-order valence-electron chi connectivity index (χ1n) is 8.11. The summed E-state index contributed by atoms with van der Waals surface area (Å²) in [4.78, 5) is 14.2. The van der Waals surface area contributed by atoms with Crippen molar-refractivity contribution in [1.82, 2.24) is 15.5 Å². The summed E-state index contributed by atoms with van der Waals surface area (Å²) in [5, 5.41) is 6.09. The van der Waals surface area contributed by atoms with Gasteiger partial charge in [-0.15, -0.1) is 0 Å². The van der Waals surface area contributed by atoms with Crippen LogP contribution in [-0.4, -0.2) is 43.2 Å². The number of hydrogen-bond acceptors (Lipinski definition) is 2. The number of likely N-dealkylation sites (tertiary alicyclic amines) is 1. The lowest BCUT2D eigenvalue weighted by Crippen LogP contribution is -2.43. The molecule has 4 heteroatoms. The van der Waals surface area contributed by atoms with Crippen LogP contribution in [0.1, 0.15) is 57.8 Å². The molecule has 2 aliphatic rings. The highest BCUT2D eigenvalue weighted by Crippen LogP contribution is 2.17. The van der Waals surface area contributed by atoms with E-state index in [1.165, 1.54) is 51.6 Å². The molecule has 1 heterocycles. The van der Waals surface area contributed by atoms with Crippen LogP contribution < -0.4 is 10.6 Å². The van der Waals surface area contributed by atoms with E-state index < -0.39 is 0 Å². The van der Waals surface area contributed by atoms with Crippen molar-refractivity contribution < 1.29 is 4.79 Å². The molecule has 1 saturated heterocycles. The van der Waals surface area contributed by atoms with Crippen LogP contribution in [0.4, 0.5) is 4.79 Å². The van der Waals surface area contributed by atoms with Gasteiger partial charge < -0.3 is 15.5 Å². The third kappa shape index (κ3) is 5.81. The molecule has 0 aromatic heterocycles. The van der Waals surface area contributed by atoms with Gasteiger partial charge in [0.15, 0.2) is 0 Å².